The summed E-state index contributed by atoms with van der Waals surface area (Å²) in [7, 11) is 0. The molecule has 2 aromatic carbocycles. The predicted molar refractivity (Wildman–Crippen MR) is 99.9 cm³/mol. The highest BCUT2D eigenvalue weighted by molar-refractivity contribution is 6.35. The maximum atomic E-state index is 14.9. The van der Waals surface area contributed by atoms with Gasteiger partial charge in [-0.1, -0.05) is 17.7 Å². The van der Waals surface area contributed by atoms with Crippen molar-refractivity contribution in [2.75, 3.05) is 11.4 Å². The number of rotatable bonds is 1. The minimum absolute atomic E-state index is 0.0474. The molecule has 2 aliphatic rings. The Morgan fingerprint density at radius 2 is 2.00 bits per heavy atom. The van der Waals surface area contributed by atoms with Crippen LogP contribution < -0.4 is 15.0 Å². The number of fused-ring (bicyclic) bond motifs is 5. The Kier molecular flexibility index (Phi) is 5.17. The van der Waals surface area contributed by atoms with Gasteiger partial charge in [0.2, 0.25) is 0 Å². The molecule has 2 atom stereocenters. The number of nitrogens with zero attached hydrogens (tertiary/aromatic N) is 2. The van der Waals surface area contributed by atoms with E-state index in [4.69, 9.17) is 16.3 Å². The van der Waals surface area contributed by atoms with Crippen LogP contribution in [0, 0.1) is 23.0 Å². The summed E-state index contributed by atoms with van der Waals surface area (Å²) in [6.45, 7) is 0.198. The van der Waals surface area contributed by atoms with Crippen LogP contribution in [-0.4, -0.2) is 24.7 Å². The summed E-state index contributed by atoms with van der Waals surface area (Å²) in [6, 6.07) is 4.10. The van der Waals surface area contributed by atoms with Crippen LogP contribution in [0.25, 0.3) is 0 Å². The van der Waals surface area contributed by atoms with E-state index < -0.39 is 41.4 Å². The Hall–Kier alpha value is -3.06. The fraction of sp³-hybridized carbons (Fsp3) is 0.300. The van der Waals surface area contributed by atoms with E-state index in [2.05, 4.69) is 0 Å². The zero-order valence-corrected chi connectivity index (χ0v) is 16.3. The van der Waals surface area contributed by atoms with Gasteiger partial charge in [0.15, 0.2) is 5.75 Å². The highest BCUT2D eigenvalue weighted by Gasteiger charge is 2.46. The van der Waals surface area contributed by atoms with Gasteiger partial charge in [-0.2, -0.15) is 18.4 Å². The van der Waals surface area contributed by atoms with Crippen LogP contribution in [0.3, 0.4) is 0 Å². The van der Waals surface area contributed by atoms with E-state index >= 15 is 0 Å². The fourth-order valence-electron chi connectivity index (χ4n) is 4.05. The van der Waals surface area contributed by atoms with Gasteiger partial charge in [0, 0.05) is 12.6 Å². The van der Waals surface area contributed by atoms with Crippen molar-refractivity contribution in [2.45, 2.75) is 31.1 Å². The molecule has 0 saturated carbocycles. The van der Waals surface area contributed by atoms with Gasteiger partial charge in [-0.15, -0.1) is 0 Å². The summed E-state index contributed by atoms with van der Waals surface area (Å²) in [5.74, 6) is -4.06. The first kappa shape index (κ1) is 21.2. The van der Waals surface area contributed by atoms with E-state index in [0.29, 0.717) is 6.42 Å². The van der Waals surface area contributed by atoms with Gasteiger partial charge in [-0.3, -0.25) is 4.79 Å². The first-order valence-corrected chi connectivity index (χ1v) is 9.54. The molecule has 0 unspecified atom stereocenters. The van der Waals surface area contributed by atoms with Crippen LogP contribution in [0.4, 0.5) is 27.6 Å². The number of hydrogen-bond acceptors (Lipinski definition) is 4. The van der Waals surface area contributed by atoms with Crippen LogP contribution >= 0.6 is 11.6 Å². The Morgan fingerprint density at radius 1 is 1.26 bits per heavy atom. The van der Waals surface area contributed by atoms with Crippen molar-refractivity contribution in [1.29, 1.82) is 5.26 Å². The summed E-state index contributed by atoms with van der Waals surface area (Å²) in [5, 5.41) is 10.9. The maximum Gasteiger partial charge on any atom is 0.471 e. The highest BCUT2D eigenvalue weighted by Crippen LogP contribution is 2.52. The molecule has 1 N–H and O–H groups in total. The average molecular weight is 458 g/mol. The van der Waals surface area contributed by atoms with E-state index in [1.54, 1.807) is 6.07 Å². The summed E-state index contributed by atoms with van der Waals surface area (Å²) in [4.78, 5) is 13.1. The fourth-order valence-corrected chi connectivity index (χ4v) is 4.39. The third-order valence-electron chi connectivity index (χ3n) is 5.29. The number of nitriles is 1. The van der Waals surface area contributed by atoms with Crippen molar-refractivity contribution < 1.29 is 31.5 Å². The number of amides is 1. The van der Waals surface area contributed by atoms with Crippen LogP contribution in [0.1, 0.15) is 30.0 Å². The van der Waals surface area contributed by atoms with E-state index in [0.717, 1.165) is 12.1 Å². The van der Waals surface area contributed by atoms with Crippen molar-refractivity contribution in [3.05, 3.63) is 52.0 Å². The standard InChI is InChI=1S/C20H13ClF5N3O2/c21-16-9(8-27)11(23)7-14-18(16)29-6-2-4-12(28-19(30)20(24,25)26)17(29)15-10(22)3-1-5-13(15)31-14/h1,3,5,7,12,17H,2,4,6H2,(H,28,30)/t12-,17-/m1/s1. The van der Waals surface area contributed by atoms with Crippen LogP contribution in [-0.2, 0) is 4.79 Å². The molecule has 1 saturated heterocycles. The molecule has 31 heavy (non-hydrogen) atoms. The number of nitrogens with one attached hydrogen (secondary N) is 1. The normalized spacial score (nSPS) is 19.8. The quantitative estimate of drug-likeness (QED) is 0.613. The van der Waals surface area contributed by atoms with E-state index in [-0.39, 0.29) is 40.7 Å². The molecule has 0 aliphatic carbocycles. The Labute approximate surface area is 178 Å². The predicted octanol–water partition coefficient (Wildman–Crippen LogP) is 4.98. The van der Waals surface area contributed by atoms with Crippen molar-refractivity contribution in [3.63, 3.8) is 0 Å². The molecule has 2 aliphatic heterocycles. The minimum Gasteiger partial charge on any atom is -0.455 e. The summed E-state index contributed by atoms with van der Waals surface area (Å²) in [6.07, 6.45) is -4.69. The lowest BCUT2D eigenvalue weighted by atomic mass is 9.89. The van der Waals surface area contributed by atoms with Crippen molar-refractivity contribution in [1.82, 2.24) is 5.32 Å². The first-order valence-electron chi connectivity index (χ1n) is 9.16. The first-order chi connectivity index (χ1) is 14.6. The van der Waals surface area contributed by atoms with Crippen LogP contribution in [0.2, 0.25) is 5.02 Å². The minimum atomic E-state index is -5.13. The Balaban J connectivity index is 1.93. The Morgan fingerprint density at radius 3 is 2.68 bits per heavy atom. The van der Waals surface area contributed by atoms with E-state index in [9.17, 15) is 32.0 Å². The van der Waals surface area contributed by atoms with Gasteiger partial charge in [-0.05, 0) is 25.0 Å². The molecular weight excluding hydrogens is 445 g/mol. The summed E-state index contributed by atoms with van der Waals surface area (Å²) >= 11 is 6.29. The molecule has 2 aromatic rings. The van der Waals surface area contributed by atoms with Gasteiger partial charge in [-0.25, -0.2) is 8.78 Å². The smallest absolute Gasteiger partial charge is 0.455 e. The lowest BCUT2D eigenvalue weighted by Gasteiger charge is -2.42. The number of carbonyl (C=O) groups is 1. The van der Waals surface area contributed by atoms with Gasteiger partial charge < -0.3 is 15.0 Å². The topological polar surface area (TPSA) is 65.4 Å². The van der Waals surface area contributed by atoms with Gasteiger partial charge in [0.05, 0.1) is 22.7 Å². The van der Waals surface area contributed by atoms with Crippen LogP contribution in [0.15, 0.2) is 24.3 Å². The lowest BCUT2D eigenvalue weighted by Crippen LogP contribution is -2.53. The number of halogens is 6. The molecule has 0 bridgehead atoms. The Bertz CT molecular complexity index is 1120. The second-order valence-electron chi connectivity index (χ2n) is 7.12. The highest BCUT2D eigenvalue weighted by atomic mass is 35.5. The number of ether oxygens (including phenoxy) is 1. The zero-order valence-electron chi connectivity index (χ0n) is 15.6. The number of benzene rings is 2. The largest absolute Gasteiger partial charge is 0.471 e. The molecule has 0 aromatic heterocycles. The average Bonchev–Trinajstić information content (AvgIpc) is 2.83. The molecule has 0 spiro atoms. The van der Waals surface area contributed by atoms with Crippen molar-refractivity contribution in [2.24, 2.45) is 0 Å². The molecule has 5 nitrogen and oxygen atoms in total. The third-order valence-corrected chi connectivity index (χ3v) is 5.66. The number of piperidine rings is 1. The van der Waals surface area contributed by atoms with Crippen LogP contribution in [0.5, 0.6) is 11.5 Å². The van der Waals surface area contributed by atoms with Gasteiger partial charge >= 0.3 is 12.1 Å². The monoisotopic (exact) mass is 457 g/mol. The molecule has 1 amide bonds. The zero-order chi connectivity index (χ0) is 22.5. The maximum absolute atomic E-state index is 14.9. The third kappa shape index (κ3) is 3.53. The molecule has 162 valence electrons. The molecule has 2 heterocycles. The SMILES string of the molecule is N#Cc1c(F)cc2c(c1Cl)N1CCC[C@@H](NC(=O)C(F)(F)F)[C@@H]1c1c(F)cccc1O2. The summed E-state index contributed by atoms with van der Waals surface area (Å²) in [5.41, 5.74) is -0.525. The second-order valence-corrected chi connectivity index (χ2v) is 7.50. The molecule has 0 radical (unpaired) electrons. The van der Waals surface area contributed by atoms with E-state index in [1.807, 2.05) is 5.32 Å². The number of alkyl halides is 3. The lowest BCUT2D eigenvalue weighted by molar-refractivity contribution is -0.174. The second kappa shape index (κ2) is 7.57. The van der Waals surface area contributed by atoms with Gasteiger partial charge in [0.25, 0.3) is 0 Å². The molecular formula is C20H13ClF5N3O2. The van der Waals surface area contributed by atoms with Crippen molar-refractivity contribution >= 4 is 23.2 Å². The number of anilines is 1. The molecule has 11 heteroatoms. The van der Waals surface area contributed by atoms with Crippen molar-refractivity contribution in [3.8, 4) is 17.6 Å². The molecule has 4 rings (SSSR count). The summed E-state index contributed by atoms with van der Waals surface area (Å²) < 4.78 is 73.7. The van der Waals surface area contributed by atoms with E-state index in [1.165, 1.54) is 17.0 Å². The number of carbonyl (C=O) groups excluding carboxylic acids is 1. The number of hydrogen-bond donors (Lipinski definition) is 1. The molecule has 1 fully saturated rings. The van der Waals surface area contributed by atoms with Gasteiger partial charge in [0.1, 0.15) is 34.7 Å².